The first-order valence-electron chi connectivity index (χ1n) is 7.55. The molecule has 0 saturated carbocycles. The SMILES string of the molecule is O=C1N[C@]2(CCCc3sccc32)C(=O)N1Cc1cccc(F)c1. The number of nitrogens with zero attached hydrogens (tertiary/aromatic N) is 1. The molecule has 2 heterocycles. The van der Waals surface area contributed by atoms with Gasteiger partial charge >= 0.3 is 6.03 Å². The topological polar surface area (TPSA) is 49.4 Å². The van der Waals surface area contributed by atoms with E-state index >= 15 is 0 Å². The second-order valence-electron chi connectivity index (χ2n) is 5.97. The Balaban J connectivity index is 1.68. The van der Waals surface area contributed by atoms with Crippen molar-refractivity contribution in [3.63, 3.8) is 0 Å². The summed E-state index contributed by atoms with van der Waals surface area (Å²) in [5, 5.41) is 4.86. The number of aryl methyl sites for hydroxylation is 1. The summed E-state index contributed by atoms with van der Waals surface area (Å²) < 4.78 is 13.3. The van der Waals surface area contributed by atoms with Gasteiger partial charge in [-0.15, -0.1) is 11.3 Å². The molecule has 1 fully saturated rings. The Morgan fingerprint density at radius 2 is 2.17 bits per heavy atom. The lowest BCUT2D eigenvalue weighted by molar-refractivity contribution is -0.132. The van der Waals surface area contributed by atoms with Gasteiger partial charge in [-0.05, 0) is 48.4 Å². The smallest absolute Gasteiger partial charge is 0.319 e. The molecule has 1 spiro atoms. The summed E-state index contributed by atoms with van der Waals surface area (Å²) >= 11 is 1.62. The number of rotatable bonds is 2. The van der Waals surface area contributed by atoms with E-state index in [0.29, 0.717) is 12.0 Å². The second-order valence-corrected chi connectivity index (χ2v) is 6.97. The fourth-order valence-electron chi connectivity index (χ4n) is 3.50. The van der Waals surface area contributed by atoms with E-state index in [1.54, 1.807) is 23.5 Å². The lowest BCUT2D eigenvalue weighted by Crippen LogP contribution is -2.46. The molecule has 0 unspecified atom stereocenters. The van der Waals surface area contributed by atoms with Crippen LogP contribution in [0.15, 0.2) is 35.7 Å². The van der Waals surface area contributed by atoms with E-state index in [-0.39, 0.29) is 18.3 Å². The highest BCUT2D eigenvalue weighted by Crippen LogP contribution is 2.42. The van der Waals surface area contributed by atoms with Crippen LogP contribution in [0.5, 0.6) is 0 Å². The normalized spacial score (nSPS) is 23.3. The molecular formula is C17H15FN2O2S. The standard InChI is InChI=1S/C17H15FN2O2S/c18-12-4-1-3-11(9-12)10-20-15(21)17(19-16(20)22)7-2-5-14-13(17)6-8-23-14/h1,3-4,6,8-9H,2,5,7,10H2,(H,19,22)/t17-/m0/s1. The summed E-state index contributed by atoms with van der Waals surface area (Å²) in [7, 11) is 0. The number of fused-ring (bicyclic) bond motifs is 2. The van der Waals surface area contributed by atoms with Gasteiger partial charge in [0.05, 0.1) is 6.54 Å². The molecule has 2 aromatic rings. The number of carbonyl (C=O) groups is 2. The van der Waals surface area contributed by atoms with Gasteiger partial charge in [0.15, 0.2) is 0 Å². The summed E-state index contributed by atoms with van der Waals surface area (Å²) in [4.78, 5) is 27.7. The summed E-state index contributed by atoms with van der Waals surface area (Å²) in [6.07, 6.45) is 2.43. The predicted molar refractivity (Wildman–Crippen MR) is 84.4 cm³/mol. The fourth-order valence-corrected chi connectivity index (χ4v) is 4.50. The summed E-state index contributed by atoms with van der Waals surface area (Å²) in [5.74, 6) is -0.604. The van der Waals surface area contributed by atoms with Crippen LogP contribution in [-0.4, -0.2) is 16.8 Å². The van der Waals surface area contributed by atoms with Crippen LogP contribution < -0.4 is 5.32 Å². The number of nitrogens with one attached hydrogen (secondary N) is 1. The van der Waals surface area contributed by atoms with Gasteiger partial charge in [-0.1, -0.05) is 12.1 Å². The molecule has 1 saturated heterocycles. The average molecular weight is 330 g/mol. The van der Waals surface area contributed by atoms with E-state index < -0.39 is 11.6 Å². The summed E-state index contributed by atoms with van der Waals surface area (Å²) in [6.45, 7) is 0.0870. The van der Waals surface area contributed by atoms with E-state index in [9.17, 15) is 14.0 Å². The van der Waals surface area contributed by atoms with Gasteiger partial charge in [-0.25, -0.2) is 9.18 Å². The van der Waals surface area contributed by atoms with E-state index in [1.807, 2.05) is 11.4 Å². The van der Waals surface area contributed by atoms with Crippen LogP contribution in [0, 0.1) is 5.82 Å². The van der Waals surface area contributed by atoms with Gasteiger partial charge in [-0.3, -0.25) is 9.69 Å². The van der Waals surface area contributed by atoms with Crippen molar-refractivity contribution >= 4 is 23.3 Å². The lowest BCUT2D eigenvalue weighted by Gasteiger charge is -2.31. The minimum absolute atomic E-state index is 0.0870. The minimum Gasteiger partial charge on any atom is -0.319 e. The van der Waals surface area contributed by atoms with Crippen molar-refractivity contribution in [1.82, 2.24) is 10.2 Å². The minimum atomic E-state index is -0.933. The molecule has 0 bridgehead atoms. The first-order chi connectivity index (χ1) is 11.1. The maximum Gasteiger partial charge on any atom is 0.325 e. The molecule has 1 aliphatic heterocycles. The molecule has 1 aromatic heterocycles. The summed E-state index contributed by atoms with van der Waals surface area (Å²) in [5.41, 5.74) is 0.596. The van der Waals surface area contributed by atoms with Crippen molar-refractivity contribution in [2.75, 3.05) is 0 Å². The third-order valence-corrected chi connectivity index (χ3v) is 5.55. The molecule has 4 nitrogen and oxygen atoms in total. The van der Waals surface area contributed by atoms with E-state index in [0.717, 1.165) is 23.3 Å². The van der Waals surface area contributed by atoms with Gasteiger partial charge in [0.2, 0.25) is 0 Å². The van der Waals surface area contributed by atoms with Crippen LogP contribution in [0.4, 0.5) is 9.18 Å². The van der Waals surface area contributed by atoms with E-state index in [1.165, 1.54) is 17.0 Å². The molecule has 118 valence electrons. The Hall–Kier alpha value is -2.21. The van der Waals surface area contributed by atoms with Crippen LogP contribution >= 0.6 is 11.3 Å². The molecule has 4 rings (SSSR count). The Morgan fingerprint density at radius 1 is 1.30 bits per heavy atom. The number of hydrogen-bond acceptors (Lipinski definition) is 3. The number of thiophene rings is 1. The highest BCUT2D eigenvalue weighted by Gasteiger charge is 2.54. The van der Waals surface area contributed by atoms with Crippen LogP contribution in [0.3, 0.4) is 0 Å². The highest BCUT2D eigenvalue weighted by atomic mass is 32.1. The Kier molecular flexibility index (Phi) is 3.23. The third-order valence-electron chi connectivity index (χ3n) is 4.57. The van der Waals surface area contributed by atoms with Crippen LogP contribution in [0.25, 0.3) is 0 Å². The van der Waals surface area contributed by atoms with Crippen molar-refractivity contribution in [3.8, 4) is 0 Å². The predicted octanol–water partition coefficient (Wildman–Crippen LogP) is 3.17. The first-order valence-corrected chi connectivity index (χ1v) is 8.43. The highest BCUT2D eigenvalue weighted by molar-refractivity contribution is 7.10. The fraction of sp³-hybridized carbons (Fsp3) is 0.294. The zero-order valence-electron chi connectivity index (χ0n) is 12.3. The van der Waals surface area contributed by atoms with Crippen molar-refractivity contribution < 1.29 is 14.0 Å². The molecule has 1 aliphatic carbocycles. The van der Waals surface area contributed by atoms with Crippen LogP contribution in [0.1, 0.15) is 28.8 Å². The Bertz CT molecular complexity index is 803. The number of halogens is 1. The van der Waals surface area contributed by atoms with Crippen molar-refractivity contribution in [2.45, 2.75) is 31.3 Å². The molecule has 1 atom stereocenters. The van der Waals surface area contributed by atoms with Gasteiger partial charge in [-0.2, -0.15) is 0 Å². The van der Waals surface area contributed by atoms with Gasteiger partial charge in [0.1, 0.15) is 11.4 Å². The van der Waals surface area contributed by atoms with Gasteiger partial charge < -0.3 is 5.32 Å². The molecule has 23 heavy (non-hydrogen) atoms. The van der Waals surface area contributed by atoms with Crippen molar-refractivity contribution in [2.24, 2.45) is 0 Å². The second kappa shape index (κ2) is 5.16. The Morgan fingerprint density at radius 3 is 3.00 bits per heavy atom. The third kappa shape index (κ3) is 2.16. The number of hydrogen-bond donors (Lipinski definition) is 1. The largest absolute Gasteiger partial charge is 0.325 e. The van der Waals surface area contributed by atoms with Crippen molar-refractivity contribution in [3.05, 3.63) is 57.5 Å². The zero-order valence-corrected chi connectivity index (χ0v) is 13.2. The Labute approximate surface area is 136 Å². The average Bonchev–Trinajstić information content (AvgIpc) is 3.09. The number of urea groups is 1. The zero-order chi connectivity index (χ0) is 16.0. The molecule has 0 radical (unpaired) electrons. The quantitative estimate of drug-likeness (QED) is 0.860. The number of amides is 3. The summed E-state index contributed by atoms with van der Waals surface area (Å²) in [6, 6.07) is 7.52. The molecule has 1 N–H and O–H groups in total. The van der Waals surface area contributed by atoms with Crippen LogP contribution in [0.2, 0.25) is 0 Å². The molecule has 1 aromatic carbocycles. The molecule has 3 amide bonds. The number of carbonyl (C=O) groups excluding carboxylic acids is 2. The first kappa shape index (κ1) is 14.4. The maximum atomic E-state index is 13.3. The molecule has 2 aliphatic rings. The van der Waals surface area contributed by atoms with Crippen LogP contribution in [-0.2, 0) is 23.3 Å². The molecule has 6 heteroatoms. The lowest BCUT2D eigenvalue weighted by atomic mass is 9.80. The maximum absolute atomic E-state index is 13.3. The van der Waals surface area contributed by atoms with E-state index in [4.69, 9.17) is 0 Å². The molecular weight excluding hydrogens is 315 g/mol. The van der Waals surface area contributed by atoms with Gasteiger partial charge in [0, 0.05) is 10.4 Å². The van der Waals surface area contributed by atoms with Crippen molar-refractivity contribution in [1.29, 1.82) is 0 Å². The number of benzene rings is 1. The van der Waals surface area contributed by atoms with Gasteiger partial charge in [0.25, 0.3) is 5.91 Å². The number of imide groups is 1. The van der Waals surface area contributed by atoms with E-state index in [2.05, 4.69) is 5.32 Å². The monoisotopic (exact) mass is 330 g/mol.